The fraction of sp³-hybridized carbons (Fsp3) is 0.250. The van der Waals surface area contributed by atoms with Gasteiger partial charge in [-0.1, -0.05) is 36.4 Å². The molecule has 1 aliphatic rings. The van der Waals surface area contributed by atoms with E-state index in [9.17, 15) is 4.79 Å². The van der Waals surface area contributed by atoms with E-state index in [1.165, 1.54) is 15.8 Å². The van der Waals surface area contributed by atoms with Crippen LogP contribution in [0.1, 0.15) is 12.0 Å². The zero-order valence-electron chi connectivity index (χ0n) is 11.8. The number of aromatic nitrogens is 2. The molecule has 5 heteroatoms. The van der Waals surface area contributed by atoms with Gasteiger partial charge in [0.2, 0.25) is 0 Å². The molecule has 2 aromatic rings. The van der Waals surface area contributed by atoms with Gasteiger partial charge >= 0.3 is 0 Å². The summed E-state index contributed by atoms with van der Waals surface area (Å²) < 4.78 is 1.92. The van der Waals surface area contributed by atoms with Crippen molar-refractivity contribution < 1.29 is 0 Å². The summed E-state index contributed by atoms with van der Waals surface area (Å²) >= 11 is 3.39. The van der Waals surface area contributed by atoms with Gasteiger partial charge in [-0.05, 0) is 33.5 Å². The zero-order chi connectivity index (χ0) is 14.8. The maximum absolute atomic E-state index is 11.9. The Kier molecular flexibility index (Phi) is 3.92. The average Bonchev–Trinajstić information content (AvgIpc) is 2.54. The van der Waals surface area contributed by atoms with Crippen molar-refractivity contribution in [3.05, 3.63) is 63.0 Å². The highest BCUT2D eigenvalue weighted by Crippen LogP contribution is 2.28. The summed E-state index contributed by atoms with van der Waals surface area (Å²) in [5.74, 6) is 0. The minimum absolute atomic E-state index is 0.106. The van der Waals surface area contributed by atoms with Gasteiger partial charge in [0.1, 0.15) is 4.47 Å². The number of aryl methyl sites for hydroxylation is 1. The molecule has 1 aromatic carbocycles. The molecule has 0 aliphatic carbocycles. The molecule has 1 aliphatic heterocycles. The molecular formula is C16H16BrN3O. The first-order chi connectivity index (χ1) is 10.2. The van der Waals surface area contributed by atoms with Crippen LogP contribution in [0.3, 0.4) is 0 Å². The Hall–Kier alpha value is -1.88. The summed E-state index contributed by atoms with van der Waals surface area (Å²) in [4.78, 5) is 14.1. The van der Waals surface area contributed by atoms with Gasteiger partial charge in [-0.25, -0.2) is 4.68 Å². The number of hydrogen-bond acceptors (Lipinski definition) is 3. The third-order valence-corrected chi connectivity index (χ3v) is 4.50. The van der Waals surface area contributed by atoms with Crippen LogP contribution in [0.5, 0.6) is 0 Å². The molecule has 0 amide bonds. The quantitative estimate of drug-likeness (QED) is 0.839. The van der Waals surface area contributed by atoms with Gasteiger partial charge < -0.3 is 4.90 Å². The Morgan fingerprint density at radius 3 is 2.67 bits per heavy atom. The molecular weight excluding hydrogens is 330 g/mol. The lowest BCUT2D eigenvalue weighted by molar-refractivity contribution is 0.695. The highest BCUT2D eigenvalue weighted by molar-refractivity contribution is 9.10. The Labute approximate surface area is 131 Å². The summed E-state index contributed by atoms with van der Waals surface area (Å²) in [7, 11) is 1.65. The summed E-state index contributed by atoms with van der Waals surface area (Å²) in [5, 5.41) is 4.10. The third kappa shape index (κ3) is 2.78. The standard InChI is InChI=1S/C16H16BrN3O/c1-19-16(21)15(17)14(11-18-19)20-9-7-13(8-10-20)12-5-3-2-4-6-12/h2-7,11H,8-10H2,1H3. The van der Waals surface area contributed by atoms with Gasteiger partial charge in [0.15, 0.2) is 0 Å². The molecule has 3 rings (SSSR count). The topological polar surface area (TPSA) is 38.1 Å². The summed E-state index contributed by atoms with van der Waals surface area (Å²) in [5.41, 5.74) is 3.39. The van der Waals surface area contributed by atoms with Gasteiger partial charge in [-0.2, -0.15) is 5.10 Å². The van der Waals surface area contributed by atoms with Gasteiger partial charge in [-0.3, -0.25) is 4.79 Å². The van der Waals surface area contributed by atoms with Crippen LogP contribution in [-0.2, 0) is 7.05 Å². The Balaban J connectivity index is 1.85. The molecule has 4 nitrogen and oxygen atoms in total. The average molecular weight is 346 g/mol. The molecule has 2 heterocycles. The highest BCUT2D eigenvalue weighted by atomic mass is 79.9. The van der Waals surface area contributed by atoms with E-state index in [-0.39, 0.29) is 5.56 Å². The number of nitrogens with zero attached hydrogens (tertiary/aromatic N) is 3. The molecule has 1 aromatic heterocycles. The predicted molar refractivity (Wildman–Crippen MR) is 88.4 cm³/mol. The van der Waals surface area contributed by atoms with Crippen LogP contribution in [0.15, 0.2) is 51.9 Å². The van der Waals surface area contributed by atoms with E-state index >= 15 is 0 Å². The van der Waals surface area contributed by atoms with Crippen molar-refractivity contribution in [3.63, 3.8) is 0 Å². The summed E-state index contributed by atoms with van der Waals surface area (Å²) in [6.45, 7) is 1.67. The molecule has 0 radical (unpaired) electrons. The van der Waals surface area contributed by atoms with E-state index < -0.39 is 0 Å². The highest BCUT2D eigenvalue weighted by Gasteiger charge is 2.17. The largest absolute Gasteiger partial charge is 0.365 e. The maximum atomic E-state index is 11.9. The zero-order valence-corrected chi connectivity index (χ0v) is 13.4. The number of rotatable bonds is 2. The van der Waals surface area contributed by atoms with Crippen molar-refractivity contribution in [1.82, 2.24) is 9.78 Å². The molecule has 0 bridgehead atoms. The van der Waals surface area contributed by atoms with Gasteiger partial charge in [0.05, 0.1) is 11.9 Å². The molecule has 21 heavy (non-hydrogen) atoms. The lowest BCUT2D eigenvalue weighted by Crippen LogP contribution is -2.31. The second kappa shape index (κ2) is 5.85. The van der Waals surface area contributed by atoms with E-state index in [2.05, 4.69) is 56.3 Å². The van der Waals surface area contributed by atoms with E-state index in [4.69, 9.17) is 0 Å². The molecule has 0 saturated heterocycles. The SMILES string of the molecule is Cn1ncc(N2CC=C(c3ccccc3)CC2)c(Br)c1=O. The first-order valence-electron chi connectivity index (χ1n) is 6.88. The van der Waals surface area contributed by atoms with Crippen molar-refractivity contribution in [1.29, 1.82) is 0 Å². The number of halogens is 1. The van der Waals surface area contributed by atoms with E-state index in [0.717, 1.165) is 25.2 Å². The molecule has 0 saturated carbocycles. The molecule has 0 unspecified atom stereocenters. The van der Waals surface area contributed by atoms with E-state index in [1.54, 1.807) is 13.2 Å². The Bertz CT molecular complexity index is 737. The fourth-order valence-corrected chi connectivity index (χ4v) is 3.13. The second-order valence-electron chi connectivity index (χ2n) is 5.06. The molecule has 0 N–H and O–H groups in total. The summed E-state index contributed by atoms with van der Waals surface area (Å²) in [6.07, 6.45) is 4.93. The summed E-state index contributed by atoms with van der Waals surface area (Å²) in [6, 6.07) is 10.4. The lowest BCUT2D eigenvalue weighted by atomic mass is 9.99. The number of hydrogen-bond donors (Lipinski definition) is 0. The van der Waals surface area contributed by atoms with Crippen LogP contribution >= 0.6 is 15.9 Å². The molecule has 108 valence electrons. The van der Waals surface area contributed by atoms with Crippen molar-refractivity contribution in [2.45, 2.75) is 6.42 Å². The first-order valence-corrected chi connectivity index (χ1v) is 7.67. The van der Waals surface area contributed by atoms with Crippen molar-refractivity contribution in [3.8, 4) is 0 Å². The van der Waals surface area contributed by atoms with Gasteiger partial charge in [0, 0.05) is 20.1 Å². The second-order valence-corrected chi connectivity index (χ2v) is 5.86. The smallest absolute Gasteiger partial charge is 0.282 e. The monoisotopic (exact) mass is 345 g/mol. The molecule has 0 fully saturated rings. The lowest BCUT2D eigenvalue weighted by Gasteiger charge is -2.29. The maximum Gasteiger partial charge on any atom is 0.282 e. The number of benzene rings is 1. The van der Waals surface area contributed by atoms with Gasteiger partial charge in [0.25, 0.3) is 5.56 Å². The molecule has 0 atom stereocenters. The van der Waals surface area contributed by atoms with Crippen molar-refractivity contribution >= 4 is 27.2 Å². The fourth-order valence-electron chi connectivity index (χ4n) is 2.52. The van der Waals surface area contributed by atoms with Crippen LogP contribution in [0.4, 0.5) is 5.69 Å². The van der Waals surface area contributed by atoms with Crippen LogP contribution in [-0.4, -0.2) is 22.9 Å². The van der Waals surface area contributed by atoms with Crippen molar-refractivity contribution in [2.75, 3.05) is 18.0 Å². The predicted octanol–water partition coefficient (Wildman–Crippen LogP) is 2.84. The normalized spacial score (nSPS) is 15.0. The first kappa shape index (κ1) is 14.1. The van der Waals surface area contributed by atoms with Crippen LogP contribution in [0, 0.1) is 0 Å². The van der Waals surface area contributed by atoms with Crippen LogP contribution < -0.4 is 10.5 Å². The minimum Gasteiger partial charge on any atom is -0.365 e. The van der Waals surface area contributed by atoms with E-state index in [0.29, 0.717) is 4.47 Å². The Morgan fingerprint density at radius 1 is 1.24 bits per heavy atom. The van der Waals surface area contributed by atoms with E-state index in [1.807, 2.05) is 6.07 Å². The third-order valence-electron chi connectivity index (χ3n) is 3.75. The van der Waals surface area contributed by atoms with Crippen LogP contribution in [0.25, 0.3) is 5.57 Å². The van der Waals surface area contributed by atoms with Gasteiger partial charge in [-0.15, -0.1) is 0 Å². The number of anilines is 1. The Morgan fingerprint density at radius 2 is 2.00 bits per heavy atom. The van der Waals surface area contributed by atoms with Crippen molar-refractivity contribution in [2.24, 2.45) is 7.05 Å². The minimum atomic E-state index is -0.106. The van der Waals surface area contributed by atoms with Crippen LogP contribution in [0.2, 0.25) is 0 Å². The molecule has 0 spiro atoms.